The monoisotopic (exact) mass is 255 g/mol. The van der Waals surface area contributed by atoms with Crippen LogP contribution in [0.2, 0.25) is 5.15 Å². The third kappa shape index (κ3) is 2.53. The predicted octanol–water partition coefficient (Wildman–Crippen LogP) is 1.90. The van der Waals surface area contributed by atoms with Crippen LogP contribution >= 0.6 is 11.6 Å². The van der Waals surface area contributed by atoms with Crippen molar-refractivity contribution in [1.82, 2.24) is 9.97 Å². The Balaban J connectivity index is 2.25. The Morgan fingerprint density at radius 1 is 1.53 bits per heavy atom. The third-order valence-corrected chi connectivity index (χ3v) is 3.77. The highest BCUT2D eigenvalue weighted by atomic mass is 35.5. The normalized spacial score (nSPS) is 25.1. The van der Waals surface area contributed by atoms with Gasteiger partial charge in [0.25, 0.3) is 0 Å². The number of nitrogens with zero attached hydrogens (tertiary/aromatic N) is 3. The first kappa shape index (κ1) is 12.6. The number of rotatable bonds is 2. The second-order valence-electron chi connectivity index (χ2n) is 4.60. The fraction of sp³-hybridized carbons (Fsp3) is 0.667. The molecule has 0 saturated carbocycles. The van der Waals surface area contributed by atoms with Crippen molar-refractivity contribution in [2.75, 3.05) is 18.0 Å². The molecule has 2 atom stereocenters. The van der Waals surface area contributed by atoms with Gasteiger partial charge < -0.3 is 10.0 Å². The summed E-state index contributed by atoms with van der Waals surface area (Å²) in [7, 11) is 0. The van der Waals surface area contributed by atoms with Gasteiger partial charge in [0.05, 0.1) is 6.10 Å². The van der Waals surface area contributed by atoms with Crippen molar-refractivity contribution in [3.63, 3.8) is 0 Å². The lowest BCUT2D eigenvalue weighted by atomic mass is 9.96. The van der Waals surface area contributed by atoms with Crippen molar-refractivity contribution in [2.24, 2.45) is 5.92 Å². The zero-order valence-electron chi connectivity index (χ0n) is 10.2. The molecule has 0 radical (unpaired) electrons. The first-order valence-electron chi connectivity index (χ1n) is 6.05. The van der Waals surface area contributed by atoms with Crippen LogP contribution in [0.15, 0.2) is 6.33 Å². The standard InChI is InChI=1S/C12H18ClN3O/c1-3-9-11(13)14-7-15-12(9)16-5-4-8(2)10(17)6-16/h7-8,10,17H,3-6H2,1-2H3. The molecule has 1 aliphatic rings. The van der Waals surface area contributed by atoms with Crippen molar-refractivity contribution in [3.8, 4) is 0 Å². The van der Waals surface area contributed by atoms with Gasteiger partial charge in [-0.2, -0.15) is 0 Å². The van der Waals surface area contributed by atoms with Crippen LogP contribution in [-0.2, 0) is 6.42 Å². The van der Waals surface area contributed by atoms with Gasteiger partial charge in [-0.3, -0.25) is 0 Å². The molecule has 0 bridgehead atoms. The summed E-state index contributed by atoms with van der Waals surface area (Å²) in [5, 5.41) is 10.4. The molecule has 94 valence electrons. The van der Waals surface area contributed by atoms with E-state index in [0.29, 0.717) is 17.6 Å². The fourth-order valence-electron chi connectivity index (χ4n) is 2.20. The molecule has 1 aliphatic heterocycles. The van der Waals surface area contributed by atoms with Gasteiger partial charge in [0.15, 0.2) is 0 Å². The van der Waals surface area contributed by atoms with Crippen LogP contribution in [0.1, 0.15) is 25.8 Å². The van der Waals surface area contributed by atoms with Gasteiger partial charge in [0.1, 0.15) is 17.3 Å². The van der Waals surface area contributed by atoms with E-state index >= 15 is 0 Å². The van der Waals surface area contributed by atoms with Crippen molar-refractivity contribution in [1.29, 1.82) is 0 Å². The summed E-state index contributed by atoms with van der Waals surface area (Å²) in [6, 6.07) is 0. The van der Waals surface area contributed by atoms with E-state index in [-0.39, 0.29) is 6.10 Å². The van der Waals surface area contributed by atoms with E-state index in [1.165, 1.54) is 6.33 Å². The summed E-state index contributed by atoms with van der Waals surface area (Å²) in [5.74, 6) is 1.23. The Hall–Kier alpha value is -0.870. The van der Waals surface area contributed by atoms with Gasteiger partial charge in [-0.05, 0) is 18.8 Å². The Kier molecular flexibility index (Phi) is 3.84. The maximum Gasteiger partial charge on any atom is 0.137 e. The molecule has 1 N–H and O–H groups in total. The van der Waals surface area contributed by atoms with Crippen LogP contribution in [0.3, 0.4) is 0 Å². The van der Waals surface area contributed by atoms with Crippen LogP contribution in [0.4, 0.5) is 5.82 Å². The van der Waals surface area contributed by atoms with E-state index in [0.717, 1.165) is 30.8 Å². The number of hydrogen-bond acceptors (Lipinski definition) is 4. The van der Waals surface area contributed by atoms with Crippen molar-refractivity contribution in [3.05, 3.63) is 17.0 Å². The molecule has 4 nitrogen and oxygen atoms in total. The van der Waals surface area contributed by atoms with Crippen LogP contribution in [0.5, 0.6) is 0 Å². The van der Waals surface area contributed by atoms with E-state index in [4.69, 9.17) is 11.6 Å². The quantitative estimate of drug-likeness (QED) is 0.820. The molecule has 1 fully saturated rings. The molecular weight excluding hydrogens is 238 g/mol. The summed E-state index contributed by atoms with van der Waals surface area (Å²) >= 11 is 6.07. The van der Waals surface area contributed by atoms with Crippen LogP contribution < -0.4 is 4.90 Å². The molecule has 17 heavy (non-hydrogen) atoms. The number of halogens is 1. The number of β-amino-alcohol motifs (C(OH)–C–C–N with tert-alkyl or cyclic N) is 1. The van der Waals surface area contributed by atoms with E-state index in [1.54, 1.807) is 0 Å². The Morgan fingerprint density at radius 3 is 2.94 bits per heavy atom. The Bertz CT molecular complexity index is 399. The smallest absolute Gasteiger partial charge is 0.137 e. The lowest BCUT2D eigenvalue weighted by Gasteiger charge is -2.35. The molecule has 2 heterocycles. The molecule has 5 heteroatoms. The molecule has 2 unspecified atom stereocenters. The summed E-state index contributed by atoms with van der Waals surface area (Å²) in [4.78, 5) is 10.4. The van der Waals surface area contributed by atoms with Crippen LogP contribution in [0.25, 0.3) is 0 Å². The fourth-order valence-corrected chi connectivity index (χ4v) is 2.46. The maximum absolute atomic E-state index is 9.92. The van der Waals surface area contributed by atoms with E-state index in [9.17, 15) is 5.11 Å². The van der Waals surface area contributed by atoms with Crippen LogP contribution in [0, 0.1) is 5.92 Å². The lowest BCUT2D eigenvalue weighted by molar-refractivity contribution is 0.102. The molecule has 0 amide bonds. The Labute approximate surface area is 107 Å². The van der Waals surface area contributed by atoms with E-state index in [1.807, 2.05) is 6.92 Å². The number of piperidine rings is 1. The van der Waals surface area contributed by atoms with Crippen molar-refractivity contribution >= 4 is 17.4 Å². The number of hydrogen-bond donors (Lipinski definition) is 1. The van der Waals surface area contributed by atoms with Gasteiger partial charge in [-0.15, -0.1) is 0 Å². The summed E-state index contributed by atoms with van der Waals surface area (Å²) in [6.45, 7) is 5.66. The average Bonchev–Trinajstić information content (AvgIpc) is 2.32. The molecule has 1 aromatic heterocycles. The number of aromatic nitrogens is 2. The zero-order valence-corrected chi connectivity index (χ0v) is 11.0. The minimum absolute atomic E-state index is 0.290. The minimum atomic E-state index is -0.290. The molecule has 2 rings (SSSR count). The van der Waals surface area contributed by atoms with Gasteiger partial charge in [-0.25, -0.2) is 9.97 Å². The van der Waals surface area contributed by atoms with E-state index < -0.39 is 0 Å². The molecular formula is C12H18ClN3O. The molecule has 1 aromatic rings. The Morgan fingerprint density at radius 2 is 2.29 bits per heavy atom. The highest BCUT2D eigenvalue weighted by Crippen LogP contribution is 2.27. The number of aliphatic hydroxyl groups excluding tert-OH is 1. The predicted molar refractivity (Wildman–Crippen MR) is 68.4 cm³/mol. The van der Waals surface area contributed by atoms with Gasteiger partial charge in [-0.1, -0.05) is 25.4 Å². The van der Waals surface area contributed by atoms with E-state index in [2.05, 4.69) is 21.8 Å². The second-order valence-corrected chi connectivity index (χ2v) is 4.96. The largest absolute Gasteiger partial charge is 0.391 e. The third-order valence-electron chi connectivity index (χ3n) is 3.44. The summed E-state index contributed by atoms with van der Waals surface area (Å²) < 4.78 is 0. The van der Waals surface area contributed by atoms with Gasteiger partial charge in [0, 0.05) is 18.7 Å². The first-order chi connectivity index (χ1) is 8.13. The molecule has 0 aliphatic carbocycles. The minimum Gasteiger partial charge on any atom is -0.391 e. The highest BCUT2D eigenvalue weighted by molar-refractivity contribution is 6.30. The topological polar surface area (TPSA) is 49.2 Å². The second kappa shape index (κ2) is 5.19. The summed E-state index contributed by atoms with van der Waals surface area (Å²) in [5.41, 5.74) is 0.968. The maximum atomic E-state index is 9.92. The summed E-state index contributed by atoms with van der Waals surface area (Å²) in [6.07, 6.45) is 2.98. The van der Waals surface area contributed by atoms with Gasteiger partial charge in [0.2, 0.25) is 0 Å². The lowest BCUT2D eigenvalue weighted by Crippen LogP contribution is -2.43. The van der Waals surface area contributed by atoms with Crippen molar-refractivity contribution in [2.45, 2.75) is 32.8 Å². The molecule has 1 saturated heterocycles. The van der Waals surface area contributed by atoms with Crippen LogP contribution in [-0.4, -0.2) is 34.3 Å². The molecule has 0 spiro atoms. The SMILES string of the molecule is CCc1c(Cl)ncnc1N1CCC(C)C(O)C1. The number of aliphatic hydroxyl groups is 1. The number of anilines is 1. The van der Waals surface area contributed by atoms with Gasteiger partial charge >= 0.3 is 0 Å². The average molecular weight is 256 g/mol. The highest BCUT2D eigenvalue weighted by Gasteiger charge is 2.26. The zero-order chi connectivity index (χ0) is 12.4. The van der Waals surface area contributed by atoms with Crippen molar-refractivity contribution < 1.29 is 5.11 Å². The molecule has 0 aromatic carbocycles. The first-order valence-corrected chi connectivity index (χ1v) is 6.43.